The zero-order chi connectivity index (χ0) is 9.42. The number of hydrogen-bond donors (Lipinski definition) is 1. The van der Waals surface area contributed by atoms with Gasteiger partial charge in [-0.1, -0.05) is 6.07 Å². The Morgan fingerprint density at radius 1 is 1.46 bits per heavy atom. The summed E-state index contributed by atoms with van der Waals surface area (Å²) in [5.74, 6) is -0.428. The van der Waals surface area contributed by atoms with Crippen LogP contribution >= 0.6 is 0 Å². The zero-order valence-corrected chi connectivity index (χ0v) is 7.34. The van der Waals surface area contributed by atoms with Gasteiger partial charge in [-0.2, -0.15) is 0 Å². The Kier molecular flexibility index (Phi) is 1.90. The highest BCUT2D eigenvalue weighted by Crippen LogP contribution is 2.21. The predicted molar refractivity (Wildman–Crippen MR) is 44.6 cm³/mol. The summed E-state index contributed by atoms with van der Waals surface area (Å²) in [6, 6.07) is 4.53. The van der Waals surface area contributed by atoms with E-state index in [0.717, 1.165) is 5.56 Å². The van der Waals surface area contributed by atoms with Crippen LogP contribution in [-0.4, -0.2) is 14.7 Å². The van der Waals surface area contributed by atoms with E-state index in [9.17, 15) is 9.00 Å². The second-order valence-electron chi connectivity index (χ2n) is 2.64. The Bertz CT molecular complexity index is 399. The molecule has 0 aromatic heterocycles. The third kappa shape index (κ3) is 1.36. The fourth-order valence-corrected chi connectivity index (χ4v) is 1.60. The zero-order valence-electron chi connectivity index (χ0n) is 6.52. The molecule has 13 heavy (non-hydrogen) atoms. The van der Waals surface area contributed by atoms with Crippen molar-refractivity contribution in [2.24, 2.45) is 0 Å². The fraction of sp³-hybridized carbons (Fsp3) is 0.125. The van der Waals surface area contributed by atoms with Crippen LogP contribution in [0.3, 0.4) is 0 Å². The normalized spacial score (nSPS) is 16.5. The van der Waals surface area contributed by atoms with E-state index in [4.69, 9.17) is 9.29 Å². The Hall–Kier alpha value is -1.20. The standard InChI is InChI=1S/C8H6O4S/c9-8-7-3-6(13(10)11)2-1-5(7)4-12-8/h1-3H,4H2,(H,10,11). The van der Waals surface area contributed by atoms with E-state index in [1.54, 1.807) is 6.07 Å². The summed E-state index contributed by atoms with van der Waals surface area (Å²) < 4.78 is 24.2. The van der Waals surface area contributed by atoms with Crippen molar-refractivity contribution in [1.82, 2.24) is 0 Å². The second kappa shape index (κ2) is 2.93. The van der Waals surface area contributed by atoms with E-state index in [1.807, 2.05) is 0 Å². The lowest BCUT2D eigenvalue weighted by atomic mass is 10.1. The summed E-state index contributed by atoms with van der Waals surface area (Å²) in [5.41, 5.74) is 1.15. The van der Waals surface area contributed by atoms with Crippen LogP contribution in [0.2, 0.25) is 0 Å². The van der Waals surface area contributed by atoms with Crippen molar-refractivity contribution in [2.75, 3.05) is 0 Å². The number of esters is 1. The van der Waals surface area contributed by atoms with Gasteiger partial charge in [0.15, 0.2) is 11.1 Å². The van der Waals surface area contributed by atoms with E-state index < -0.39 is 17.0 Å². The minimum Gasteiger partial charge on any atom is -0.457 e. The molecule has 0 radical (unpaired) electrons. The molecule has 1 atom stereocenters. The maximum Gasteiger partial charge on any atom is 0.338 e. The molecule has 1 unspecified atom stereocenters. The molecule has 1 aliphatic heterocycles. The second-order valence-corrected chi connectivity index (χ2v) is 3.61. The number of fused-ring (bicyclic) bond motifs is 1. The number of hydrogen-bond acceptors (Lipinski definition) is 3. The number of carbonyl (C=O) groups excluding carboxylic acids is 1. The van der Waals surface area contributed by atoms with Crippen LogP contribution in [0.5, 0.6) is 0 Å². The molecular formula is C8H6O4S. The molecule has 0 amide bonds. The summed E-state index contributed by atoms with van der Waals surface area (Å²) >= 11 is -2.04. The molecule has 2 rings (SSSR count). The SMILES string of the molecule is O=C1OCc2ccc(S(=O)O)cc21. The van der Waals surface area contributed by atoms with Crippen LogP contribution in [0, 0.1) is 0 Å². The fourth-order valence-electron chi connectivity index (χ4n) is 1.20. The van der Waals surface area contributed by atoms with Crippen molar-refractivity contribution < 1.29 is 18.3 Å². The molecule has 0 aliphatic carbocycles. The Balaban J connectivity index is 2.54. The average molecular weight is 198 g/mol. The third-order valence-electron chi connectivity index (χ3n) is 1.86. The minimum absolute atomic E-state index is 0.220. The molecule has 1 heterocycles. The molecule has 4 nitrogen and oxygen atoms in total. The molecule has 0 saturated carbocycles. The molecule has 5 heteroatoms. The van der Waals surface area contributed by atoms with Gasteiger partial charge in [0.05, 0.1) is 10.5 Å². The topological polar surface area (TPSA) is 63.6 Å². The first-order valence-corrected chi connectivity index (χ1v) is 4.70. The van der Waals surface area contributed by atoms with E-state index in [1.165, 1.54) is 12.1 Å². The maximum atomic E-state index is 11.0. The highest BCUT2D eigenvalue weighted by atomic mass is 32.2. The van der Waals surface area contributed by atoms with Crippen LogP contribution in [0.4, 0.5) is 0 Å². The number of rotatable bonds is 1. The van der Waals surface area contributed by atoms with Crippen LogP contribution < -0.4 is 0 Å². The van der Waals surface area contributed by atoms with Crippen LogP contribution in [0.15, 0.2) is 23.1 Å². The smallest absolute Gasteiger partial charge is 0.338 e. The summed E-state index contributed by atoms with van der Waals surface area (Å²) in [5, 5.41) is 0. The highest BCUT2D eigenvalue weighted by molar-refractivity contribution is 7.79. The van der Waals surface area contributed by atoms with Crippen molar-refractivity contribution in [3.05, 3.63) is 29.3 Å². The van der Waals surface area contributed by atoms with Gasteiger partial charge in [0, 0.05) is 5.56 Å². The van der Waals surface area contributed by atoms with Gasteiger partial charge in [0.2, 0.25) is 0 Å². The molecule has 0 bridgehead atoms. The van der Waals surface area contributed by atoms with Crippen molar-refractivity contribution >= 4 is 17.0 Å². The van der Waals surface area contributed by atoms with Crippen molar-refractivity contribution in [3.63, 3.8) is 0 Å². The number of ether oxygens (including phenoxy) is 1. The quantitative estimate of drug-likeness (QED) is 0.538. The van der Waals surface area contributed by atoms with Crippen LogP contribution in [-0.2, 0) is 22.4 Å². The average Bonchev–Trinajstić information content (AvgIpc) is 2.47. The number of cyclic esters (lactones) is 1. The Labute approximate surface area is 76.8 Å². The monoisotopic (exact) mass is 198 g/mol. The van der Waals surface area contributed by atoms with Gasteiger partial charge in [-0.15, -0.1) is 0 Å². The van der Waals surface area contributed by atoms with Crippen LogP contribution in [0.1, 0.15) is 15.9 Å². The number of carbonyl (C=O) groups is 1. The Morgan fingerprint density at radius 3 is 2.92 bits per heavy atom. The number of benzene rings is 1. The molecular weight excluding hydrogens is 192 g/mol. The summed E-state index contributed by atoms with van der Waals surface area (Å²) in [6.07, 6.45) is 0. The van der Waals surface area contributed by atoms with E-state index in [2.05, 4.69) is 0 Å². The lowest BCUT2D eigenvalue weighted by Gasteiger charge is -1.96. The molecule has 1 N–H and O–H groups in total. The molecule has 68 valence electrons. The summed E-state index contributed by atoms with van der Waals surface area (Å²) in [6.45, 7) is 0.256. The largest absolute Gasteiger partial charge is 0.457 e. The first-order valence-electron chi connectivity index (χ1n) is 3.59. The molecule has 0 spiro atoms. The van der Waals surface area contributed by atoms with Gasteiger partial charge in [-0.25, -0.2) is 9.00 Å². The lowest BCUT2D eigenvalue weighted by molar-refractivity contribution is 0.0535. The van der Waals surface area contributed by atoms with Gasteiger partial charge in [-0.05, 0) is 12.1 Å². The van der Waals surface area contributed by atoms with Crippen LogP contribution in [0.25, 0.3) is 0 Å². The van der Waals surface area contributed by atoms with Crippen molar-refractivity contribution in [2.45, 2.75) is 11.5 Å². The summed E-state index contributed by atoms with van der Waals surface area (Å²) in [4.78, 5) is 11.3. The molecule has 0 saturated heterocycles. The van der Waals surface area contributed by atoms with Gasteiger partial charge in [0.1, 0.15) is 6.61 Å². The summed E-state index contributed by atoms with van der Waals surface area (Å²) in [7, 11) is 0. The first-order chi connectivity index (χ1) is 6.18. The molecule has 1 aromatic carbocycles. The third-order valence-corrected chi connectivity index (χ3v) is 2.52. The van der Waals surface area contributed by atoms with E-state index in [0.29, 0.717) is 5.56 Å². The molecule has 1 aliphatic rings. The van der Waals surface area contributed by atoms with Gasteiger partial charge in [0.25, 0.3) is 0 Å². The lowest BCUT2D eigenvalue weighted by Crippen LogP contribution is -1.96. The van der Waals surface area contributed by atoms with E-state index >= 15 is 0 Å². The van der Waals surface area contributed by atoms with Crippen molar-refractivity contribution in [1.29, 1.82) is 0 Å². The highest BCUT2D eigenvalue weighted by Gasteiger charge is 2.21. The van der Waals surface area contributed by atoms with Crippen molar-refractivity contribution in [3.8, 4) is 0 Å². The van der Waals surface area contributed by atoms with Gasteiger partial charge < -0.3 is 9.29 Å². The van der Waals surface area contributed by atoms with Gasteiger partial charge >= 0.3 is 5.97 Å². The predicted octanol–water partition coefficient (Wildman–Crippen LogP) is 0.938. The minimum atomic E-state index is -2.04. The first kappa shape index (κ1) is 8.40. The Morgan fingerprint density at radius 2 is 2.23 bits per heavy atom. The molecule has 0 fully saturated rings. The van der Waals surface area contributed by atoms with Gasteiger partial charge in [-0.3, -0.25) is 0 Å². The maximum absolute atomic E-state index is 11.0. The molecule has 1 aromatic rings. The van der Waals surface area contributed by atoms with E-state index in [-0.39, 0.29) is 11.5 Å².